The SMILES string of the molecule is CCOc1ccccc1C(N)C1CCOC2(CCCC2)C1. The number of hydrogen-bond donors (Lipinski definition) is 1. The molecule has 0 radical (unpaired) electrons. The van der Waals surface area contributed by atoms with Crippen LogP contribution < -0.4 is 10.5 Å². The second kappa shape index (κ2) is 6.37. The van der Waals surface area contributed by atoms with Crippen LogP contribution in [0.3, 0.4) is 0 Å². The minimum Gasteiger partial charge on any atom is -0.494 e. The molecule has 1 aromatic rings. The second-order valence-corrected chi connectivity index (χ2v) is 6.49. The Balaban J connectivity index is 1.76. The third-order valence-electron chi connectivity index (χ3n) is 5.13. The molecule has 116 valence electrons. The van der Waals surface area contributed by atoms with Gasteiger partial charge in [0.1, 0.15) is 5.75 Å². The minimum atomic E-state index is 0.0501. The Morgan fingerprint density at radius 2 is 2.10 bits per heavy atom. The first-order chi connectivity index (χ1) is 10.2. The van der Waals surface area contributed by atoms with Gasteiger partial charge in [0.15, 0.2) is 0 Å². The van der Waals surface area contributed by atoms with E-state index in [4.69, 9.17) is 15.2 Å². The maximum absolute atomic E-state index is 6.62. The molecular weight excluding hydrogens is 262 g/mol. The van der Waals surface area contributed by atoms with Crippen LogP contribution in [0.2, 0.25) is 0 Å². The Hall–Kier alpha value is -1.06. The highest BCUT2D eigenvalue weighted by Gasteiger charge is 2.41. The molecule has 0 aromatic heterocycles. The predicted octanol–water partition coefficient (Wildman–Crippen LogP) is 3.82. The van der Waals surface area contributed by atoms with E-state index in [0.717, 1.165) is 30.8 Å². The molecule has 1 saturated carbocycles. The van der Waals surface area contributed by atoms with Crippen molar-refractivity contribution in [2.45, 2.75) is 57.1 Å². The summed E-state index contributed by atoms with van der Waals surface area (Å²) < 4.78 is 11.9. The van der Waals surface area contributed by atoms with Crippen molar-refractivity contribution in [3.05, 3.63) is 29.8 Å². The molecule has 2 atom stereocenters. The molecule has 3 rings (SSSR count). The zero-order valence-corrected chi connectivity index (χ0v) is 13.0. The summed E-state index contributed by atoms with van der Waals surface area (Å²) in [6, 6.07) is 8.27. The average molecular weight is 289 g/mol. The maximum atomic E-state index is 6.62. The Kier molecular flexibility index (Phi) is 4.51. The van der Waals surface area contributed by atoms with E-state index in [2.05, 4.69) is 12.1 Å². The molecule has 1 heterocycles. The Morgan fingerprint density at radius 1 is 1.33 bits per heavy atom. The Morgan fingerprint density at radius 3 is 2.86 bits per heavy atom. The van der Waals surface area contributed by atoms with Crippen molar-refractivity contribution in [1.29, 1.82) is 0 Å². The van der Waals surface area contributed by atoms with Crippen LogP contribution in [0, 0.1) is 5.92 Å². The van der Waals surface area contributed by atoms with E-state index < -0.39 is 0 Å². The van der Waals surface area contributed by atoms with Crippen molar-refractivity contribution in [3.8, 4) is 5.75 Å². The lowest BCUT2D eigenvalue weighted by Crippen LogP contribution is -2.40. The molecule has 2 N–H and O–H groups in total. The molecule has 3 heteroatoms. The van der Waals surface area contributed by atoms with E-state index in [0.29, 0.717) is 12.5 Å². The zero-order valence-electron chi connectivity index (χ0n) is 13.0. The number of ether oxygens (including phenoxy) is 2. The van der Waals surface area contributed by atoms with Gasteiger partial charge in [-0.05, 0) is 44.6 Å². The molecular formula is C18H27NO2. The quantitative estimate of drug-likeness (QED) is 0.916. The van der Waals surface area contributed by atoms with Gasteiger partial charge in [-0.25, -0.2) is 0 Å². The van der Waals surface area contributed by atoms with E-state index in [1.807, 2.05) is 19.1 Å². The van der Waals surface area contributed by atoms with Crippen LogP contribution in [0.1, 0.15) is 57.1 Å². The van der Waals surface area contributed by atoms with Crippen molar-refractivity contribution in [3.63, 3.8) is 0 Å². The van der Waals surface area contributed by atoms with Crippen molar-refractivity contribution in [2.24, 2.45) is 11.7 Å². The van der Waals surface area contributed by atoms with Crippen molar-refractivity contribution >= 4 is 0 Å². The maximum Gasteiger partial charge on any atom is 0.124 e. The summed E-state index contributed by atoms with van der Waals surface area (Å²) in [5.74, 6) is 1.44. The average Bonchev–Trinajstić information content (AvgIpc) is 2.95. The van der Waals surface area contributed by atoms with Gasteiger partial charge in [0.05, 0.1) is 12.2 Å². The van der Waals surface area contributed by atoms with E-state index in [1.54, 1.807) is 0 Å². The summed E-state index contributed by atoms with van der Waals surface area (Å²) in [6.07, 6.45) is 7.19. The number of rotatable bonds is 4. The summed E-state index contributed by atoms with van der Waals surface area (Å²) in [4.78, 5) is 0. The van der Waals surface area contributed by atoms with Crippen LogP contribution in [-0.4, -0.2) is 18.8 Å². The molecule has 21 heavy (non-hydrogen) atoms. The van der Waals surface area contributed by atoms with Crippen molar-refractivity contribution < 1.29 is 9.47 Å². The first-order valence-corrected chi connectivity index (χ1v) is 8.35. The fourth-order valence-electron chi connectivity index (χ4n) is 4.04. The summed E-state index contributed by atoms with van der Waals surface area (Å²) >= 11 is 0. The van der Waals surface area contributed by atoms with Crippen LogP contribution in [0.5, 0.6) is 5.75 Å². The molecule has 1 aliphatic heterocycles. The smallest absolute Gasteiger partial charge is 0.124 e. The van der Waals surface area contributed by atoms with Gasteiger partial charge >= 0.3 is 0 Å². The molecule has 0 bridgehead atoms. The molecule has 1 aliphatic carbocycles. The number of benzene rings is 1. The lowest BCUT2D eigenvalue weighted by molar-refractivity contribution is -0.0964. The van der Waals surface area contributed by atoms with Crippen LogP contribution >= 0.6 is 0 Å². The number of para-hydroxylation sites is 1. The third kappa shape index (κ3) is 3.09. The van der Waals surface area contributed by atoms with Gasteiger partial charge in [0, 0.05) is 18.2 Å². The Bertz CT molecular complexity index is 468. The highest BCUT2D eigenvalue weighted by molar-refractivity contribution is 5.36. The van der Waals surface area contributed by atoms with Crippen LogP contribution in [-0.2, 0) is 4.74 Å². The van der Waals surface area contributed by atoms with Gasteiger partial charge in [-0.15, -0.1) is 0 Å². The molecule has 1 spiro atoms. The lowest BCUT2D eigenvalue weighted by Gasteiger charge is -2.40. The van der Waals surface area contributed by atoms with Crippen LogP contribution in [0.15, 0.2) is 24.3 Å². The monoisotopic (exact) mass is 289 g/mol. The molecule has 0 amide bonds. The molecule has 2 unspecified atom stereocenters. The van der Waals surface area contributed by atoms with Gasteiger partial charge in [0.25, 0.3) is 0 Å². The predicted molar refractivity (Wildman–Crippen MR) is 84.4 cm³/mol. The largest absolute Gasteiger partial charge is 0.494 e. The van der Waals surface area contributed by atoms with Gasteiger partial charge < -0.3 is 15.2 Å². The standard InChI is InChI=1S/C18H27NO2/c1-2-20-16-8-4-3-7-15(16)17(19)14-9-12-21-18(13-14)10-5-6-11-18/h3-4,7-8,14,17H,2,5-6,9-13,19H2,1H3. The molecule has 2 aliphatic rings. The summed E-state index contributed by atoms with van der Waals surface area (Å²) in [5, 5.41) is 0. The van der Waals surface area contributed by atoms with E-state index in [1.165, 1.54) is 25.7 Å². The highest BCUT2D eigenvalue weighted by atomic mass is 16.5. The topological polar surface area (TPSA) is 44.5 Å². The summed E-state index contributed by atoms with van der Waals surface area (Å²) in [6.45, 7) is 3.56. The van der Waals surface area contributed by atoms with E-state index >= 15 is 0 Å². The number of nitrogens with two attached hydrogens (primary N) is 1. The normalized spacial score (nSPS) is 25.9. The van der Waals surface area contributed by atoms with Gasteiger partial charge in [-0.2, -0.15) is 0 Å². The molecule has 3 nitrogen and oxygen atoms in total. The fraction of sp³-hybridized carbons (Fsp3) is 0.667. The third-order valence-corrected chi connectivity index (χ3v) is 5.13. The van der Waals surface area contributed by atoms with E-state index in [-0.39, 0.29) is 11.6 Å². The number of hydrogen-bond acceptors (Lipinski definition) is 3. The molecule has 1 aromatic carbocycles. The molecule has 1 saturated heterocycles. The fourth-order valence-corrected chi connectivity index (χ4v) is 4.04. The first-order valence-electron chi connectivity index (χ1n) is 8.35. The van der Waals surface area contributed by atoms with Crippen molar-refractivity contribution in [1.82, 2.24) is 0 Å². The highest BCUT2D eigenvalue weighted by Crippen LogP contribution is 2.45. The van der Waals surface area contributed by atoms with E-state index in [9.17, 15) is 0 Å². The minimum absolute atomic E-state index is 0.0501. The van der Waals surface area contributed by atoms with Crippen LogP contribution in [0.25, 0.3) is 0 Å². The van der Waals surface area contributed by atoms with Gasteiger partial charge in [-0.1, -0.05) is 31.0 Å². The second-order valence-electron chi connectivity index (χ2n) is 6.49. The van der Waals surface area contributed by atoms with Gasteiger partial charge in [0.2, 0.25) is 0 Å². The molecule has 2 fully saturated rings. The first kappa shape index (κ1) is 14.9. The lowest BCUT2D eigenvalue weighted by atomic mass is 9.79. The van der Waals surface area contributed by atoms with Crippen molar-refractivity contribution in [2.75, 3.05) is 13.2 Å². The van der Waals surface area contributed by atoms with Crippen LogP contribution in [0.4, 0.5) is 0 Å². The summed E-state index contributed by atoms with van der Waals surface area (Å²) in [7, 11) is 0. The Labute approximate surface area is 127 Å². The summed E-state index contributed by atoms with van der Waals surface area (Å²) in [5.41, 5.74) is 7.89. The zero-order chi connectivity index (χ0) is 14.7. The van der Waals surface area contributed by atoms with Gasteiger partial charge in [-0.3, -0.25) is 0 Å².